The molecule has 0 aliphatic carbocycles. The number of hydrogen-bond acceptors (Lipinski definition) is 4. The predicted molar refractivity (Wildman–Crippen MR) is 104 cm³/mol. The summed E-state index contributed by atoms with van der Waals surface area (Å²) in [5.74, 6) is -2.35. The number of benzene rings is 2. The highest BCUT2D eigenvalue weighted by atomic mass is 16.4. The van der Waals surface area contributed by atoms with Gasteiger partial charge in [0.25, 0.3) is 0 Å². The Hall–Kier alpha value is -3.74. The lowest BCUT2D eigenvalue weighted by Crippen LogP contribution is -2.02. The lowest BCUT2D eigenvalue weighted by atomic mass is 10.0. The molecule has 3 N–H and O–H groups in total. The standard InChI is InChI=1S/C17H16N2O.C4H4O4/c1-12-16(19-11-18-12)8-9-17(20)15-7-6-13-4-2-3-5-14(13)10-15;5-3(6)1-2-4(7)8/h2-7,10-11H,8-9H2,1H3,(H,18,19);1-2H,(H,5,6)(H,7,8)/b;2-1-. The third kappa shape index (κ3) is 6.21. The highest BCUT2D eigenvalue weighted by molar-refractivity contribution is 6.00. The second-order valence-electron chi connectivity index (χ2n) is 5.97. The first-order chi connectivity index (χ1) is 13.4. The zero-order chi connectivity index (χ0) is 20.5. The normalized spacial score (nSPS) is 10.5. The first-order valence-electron chi connectivity index (χ1n) is 8.51. The van der Waals surface area contributed by atoms with Gasteiger partial charge >= 0.3 is 11.9 Å². The van der Waals surface area contributed by atoms with Gasteiger partial charge in [-0.1, -0.05) is 36.4 Å². The highest BCUT2D eigenvalue weighted by Crippen LogP contribution is 2.17. The van der Waals surface area contributed by atoms with Crippen molar-refractivity contribution < 1.29 is 24.6 Å². The molecule has 0 spiro atoms. The van der Waals surface area contributed by atoms with E-state index in [-0.39, 0.29) is 5.78 Å². The maximum Gasteiger partial charge on any atom is 0.328 e. The number of carbonyl (C=O) groups excluding carboxylic acids is 1. The van der Waals surface area contributed by atoms with Crippen LogP contribution >= 0.6 is 0 Å². The molecule has 0 atom stereocenters. The van der Waals surface area contributed by atoms with Gasteiger partial charge in [0.2, 0.25) is 0 Å². The number of aromatic amines is 1. The summed E-state index contributed by atoms with van der Waals surface area (Å²) >= 11 is 0. The van der Waals surface area contributed by atoms with Crippen LogP contribution in [0.4, 0.5) is 0 Å². The van der Waals surface area contributed by atoms with Crippen molar-refractivity contribution >= 4 is 28.5 Å². The van der Waals surface area contributed by atoms with E-state index in [1.807, 2.05) is 43.3 Å². The number of rotatable bonds is 6. The van der Waals surface area contributed by atoms with Gasteiger partial charge in [0, 0.05) is 29.8 Å². The van der Waals surface area contributed by atoms with E-state index in [1.54, 1.807) is 6.33 Å². The molecule has 28 heavy (non-hydrogen) atoms. The number of ketones is 1. The smallest absolute Gasteiger partial charge is 0.328 e. The summed E-state index contributed by atoms with van der Waals surface area (Å²) in [6.07, 6.45) is 3.96. The number of Topliss-reactive ketones (excluding diaryl/α,β-unsaturated/α-hetero) is 1. The Morgan fingerprint density at radius 3 is 2.21 bits per heavy atom. The number of imidazole rings is 1. The van der Waals surface area contributed by atoms with Gasteiger partial charge in [0.1, 0.15) is 0 Å². The lowest BCUT2D eigenvalue weighted by Gasteiger charge is -2.03. The molecule has 144 valence electrons. The molecular weight excluding hydrogens is 360 g/mol. The molecule has 0 radical (unpaired) electrons. The number of carboxylic acids is 2. The fraction of sp³-hybridized carbons (Fsp3) is 0.143. The largest absolute Gasteiger partial charge is 0.478 e. The number of carboxylic acid groups (broad SMARTS) is 2. The number of fused-ring (bicyclic) bond motifs is 1. The lowest BCUT2D eigenvalue weighted by molar-refractivity contribution is -0.134. The van der Waals surface area contributed by atoms with Gasteiger partial charge in [-0.2, -0.15) is 0 Å². The molecule has 7 heteroatoms. The zero-order valence-electron chi connectivity index (χ0n) is 15.3. The predicted octanol–water partition coefficient (Wildman–Crippen LogP) is 3.40. The molecular formula is C21H20N2O5. The van der Waals surface area contributed by atoms with E-state index < -0.39 is 11.9 Å². The molecule has 1 aromatic heterocycles. The Kier molecular flexibility index (Phi) is 7.21. The van der Waals surface area contributed by atoms with Crippen molar-refractivity contribution in [3.63, 3.8) is 0 Å². The van der Waals surface area contributed by atoms with Crippen molar-refractivity contribution in [3.8, 4) is 0 Å². The van der Waals surface area contributed by atoms with Crippen molar-refractivity contribution in [2.45, 2.75) is 19.8 Å². The van der Waals surface area contributed by atoms with Crippen LogP contribution in [-0.2, 0) is 16.0 Å². The van der Waals surface area contributed by atoms with E-state index >= 15 is 0 Å². The maximum absolute atomic E-state index is 12.3. The van der Waals surface area contributed by atoms with Crippen LogP contribution in [0.2, 0.25) is 0 Å². The SMILES string of the molecule is Cc1[nH]cnc1CCC(=O)c1ccc2ccccc2c1.O=C(O)/C=C\C(=O)O. The van der Waals surface area contributed by atoms with E-state index in [0.29, 0.717) is 25.0 Å². The molecule has 2 aromatic carbocycles. The number of hydrogen-bond donors (Lipinski definition) is 3. The number of carbonyl (C=O) groups is 3. The summed E-state index contributed by atoms with van der Waals surface area (Å²) in [6.45, 7) is 1.98. The molecule has 0 aliphatic heterocycles. The van der Waals surface area contributed by atoms with Crippen LogP contribution in [-0.4, -0.2) is 37.9 Å². The topological polar surface area (TPSA) is 120 Å². The summed E-state index contributed by atoms with van der Waals surface area (Å²) in [7, 11) is 0. The first-order valence-corrected chi connectivity index (χ1v) is 8.51. The van der Waals surface area contributed by atoms with E-state index in [0.717, 1.165) is 27.7 Å². The van der Waals surface area contributed by atoms with Gasteiger partial charge in [0.05, 0.1) is 12.0 Å². The Morgan fingerprint density at radius 1 is 1.00 bits per heavy atom. The van der Waals surface area contributed by atoms with Crippen LogP contribution in [0.25, 0.3) is 10.8 Å². The molecule has 0 fully saturated rings. The van der Waals surface area contributed by atoms with Crippen LogP contribution in [0.1, 0.15) is 28.2 Å². The van der Waals surface area contributed by atoms with Crippen LogP contribution in [0.5, 0.6) is 0 Å². The number of H-pyrrole nitrogens is 1. The molecule has 0 amide bonds. The zero-order valence-corrected chi connectivity index (χ0v) is 15.3. The molecule has 0 saturated heterocycles. The van der Waals surface area contributed by atoms with E-state index in [1.165, 1.54) is 0 Å². The number of nitrogens with zero attached hydrogens (tertiary/aromatic N) is 1. The van der Waals surface area contributed by atoms with Gasteiger partial charge in [0.15, 0.2) is 5.78 Å². The molecule has 0 bridgehead atoms. The number of aliphatic carboxylic acids is 2. The van der Waals surface area contributed by atoms with Gasteiger partial charge in [-0.05, 0) is 30.2 Å². The summed E-state index contributed by atoms with van der Waals surface area (Å²) in [5.41, 5.74) is 2.78. The van der Waals surface area contributed by atoms with Crippen molar-refractivity contribution in [2.24, 2.45) is 0 Å². The third-order valence-electron chi connectivity index (χ3n) is 3.96. The van der Waals surface area contributed by atoms with Crippen LogP contribution < -0.4 is 0 Å². The highest BCUT2D eigenvalue weighted by Gasteiger charge is 2.09. The average molecular weight is 380 g/mol. The van der Waals surface area contributed by atoms with E-state index in [2.05, 4.69) is 16.0 Å². The summed E-state index contributed by atoms with van der Waals surface area (Å²) < 4.78 is 0. The van der Waals surface area contributed by atoms with Crippen LogP contribution in [0.15, 0.2) is 60.9 Å². The Labute approximate surface area is 161 Å². The molecule has 1 heterocycles. The second kappa shape index (κ2) is 9.82. The minimum atomic E-state index is -1.26. The molecule has 3 rings (SSSR count). The quantitative estimate of drug-likeness (QED) is 0.445. The van der Waals surface area contributed by atoms with Gasteiger partial charge in [-0.15, -0.1) is 0 Å². The fourth-order valence-corrected chi connectivity index (χ4v) is 2.52. The monoisotopic (exact) mass is 380 g/mol. The van der Waals surface area contributed by atoms with Crippen molar-refractivity contribution in [1.29, 1.82) is 0 Å². The molecule has 0 unspecified atom stereocenters. The first kappa shape index (κ1) is 20.6. The third-order valence-corrected chi connectivity index (χ3v) is 3.96. The van der Waals surface area contributed by atoms with Crippen molar-refractivity contribution in [3.05, 3.63) is 77.9 Å². The van der Waals surface area contributed by atoms with E-state index in [4.69, 9.17) is 10.2 Å². The number of aromatic nitrogens is 2. The maximum atomic E-state index is 12.3. The molecule has 7 nitrogen and oxygen atoms in total. The van der Waals surface area contributed by atoms with Crippen LogP contribution in [0, 0.1) is 6.92 Å². The Bertz CT molecular complexity index is 1000. The van der Waals surface area contributed by atoms with Crippen LogP contribution in [0.3, 0.4) is 0 Å². The van der Waals surface area contributed by atoms with Gasteiger partial charge in [-0.25, -0.2) is 14.6 Å². The minimum Gasteiger partial charge on any atom is -0.478 e. The summed E-state index contributed by atoms with van der Waals surface area (Å²) in [6, 6.07) is 14.0. The molecule has 0 saturated carbocycles. The van der Waals surface area contributed by atoms with Gasteiger partial charge < -0.3 is 15.2 Å². The molecule has 0 aliphatic rings. The van der Waals surface area contributed by atoms with Crippen molar-refractivity contribution in [2.75, 3.05) is 0 Å². The van der Waals surface area contributed by atoms with Crippen molar-refractivity contribution in [1.82, 2.24) is 9.97 Å². The summed E-state index contributed by atoms with van der Waals surface area (Å²) in [4.78, 5) is 38.6. The second-order valence-corrected chi connectivity index (χ2v) is 5.97. The number of nitrogens with one attached hydrogen (secondary N) is 1. The molecule has 3 aromatic rings. The fourth-order valence-electron chi connectivity index (χ4n) is 2.52. The average Bonchev–Trinajstić information content (AvgIpc) is 3.09. The Morgan fingerprint density at radius 2 is 1.64 bits per heavy atom. The number of aryl methyl sites for hydroxylation is 2. The summed E-state index contributed by atoms with van der Waals surface area (Å²) in [5, 5.41) is 17.9. The van der Waals surface area contributed by atoms with E-state index in [9.17, 15) is 14.4 Å². The minimum absolute atomic E-state index is 0.165. The van der Waals surface area contributed by atoms with Gasteiger partial charge in [-0.3, -0.25) is 4.79 Å². The Balaban J connectivity index is 0.000000300.